The second kappa shape index (κ2) is 4.65. The van der Waals surface area contributed by atoms with E-state index >= 15 is 0 Å². The van der Waals surface area contributed by atoms with E-state index in [0.29, 0.717) is 0 Å². The lowest BCUT2D eigenvalue weighted by Gasteiger charge is -2.20. The first-order valence-electron chi connectivity index (χ1n) is 4.57. The lowest BCUT2D eigenvalue weighted by Crippen LogP contribution is -2.35. The van der Waals surface area contributed by atoms with Gasteiger partial charge in [0.05, 0.1) is 5.02 Å². The molecule has 1 aromatic carbocycles. The number of halogens is 2. The Labute approximate surface area is 99.0 Å². The molecule has 0 radical (unpaired) electrons. The van der Waals surface area contributed by atoms with Crippen LogP contribution in [-0.4, -0.2) is 5.54 Å². The number of rotatable bonds is 2. The smallest absolute Gasteiger partial charge is 0.0551 e. The summed E-state index contributed by atoms with van der Waals surface area (Å²) in [5.41, 5.74) is 1.34. The molecule has 1 aromatic rings. The Morgan fingerprint density at radius 3 is 2.50 bits per heavy atom. The third-order valence-electron chi connectivity index (χ3n) is 1.81. The van der Waals surface area contributed by atoms with E-state index in [2.05, 4.69) is 48.1 Å². The summed E-state index contributed by atoms with van der Waals surface area (Å²) >= 11 is 9.36. The first kappa shape index (κ1) is 12.0. The number of nitrogens with one attached hydrogen (secondary N) is 1. The van der Waals surface area contributed by atoms with E-state index in [1.807, 2.05) is 12.1 Å². The van der Waals surface area contributed by atoms with Crippen LogP contribution in [0.15, 0.2) is 22.7 Å². The van der Waals surface area contributed by atoms with E-state index in [0.717, 1.165) is 16.0 Å². The van der Waals surface area contributed by atoms with Crippen molar-refractivity contribution >= 4 is 27.5 Å². The van der Waals surface area contributed by atoms with E-state index in [-0.39, 0.29) is 5.54 Å². The quantitative estimate of drug-likeness (QED) is 0.861. The topological polar surface area (TPSA) is 12.0 Å². The Morgan fingerprint density at radius 1 is 1.36 bits per heavy atom. The standard InChI is InChI=1S/C11H15BrClN/c1-11(2,3)14-7-8-4-5-9(12)10(13)6-8/h4-6,14H,7H2,1-3H3. The summed E-state index contributed by atoms with van der Waals surface area (Å²) in [6.45, 7) is 7.28. The molecule has 0 saturated heterocycles. The molecule has 0 fully saturated rings. The molecule has 0 aliphatic carbocycles. The van der Waals surface area contributed by atoms with Gasteiger partial charge in [0.2, 0.25) is 0 Å². The molecule has 14 heavy (non-hydrogen) atoms. The van der Waals surface area contributed by atoms with Crippen LogP contribution in [0.25, 0.3) is 0 Å². The minimum atomic E-state index is 0.138. The van der Waals surface area contributed by atoms with Gasteiger partial charge >= 0.3 is 0 Å². The van der Waals surface area contributed by atoms with Crippen LogP contribution in [0.4, 0.5) is 0 Å². The molecule has 1 nitrogen and oxygen atoms in total. The SMILES string of the molecule is CC(C)(C)NCc1ccc(Br)c(Cl)c1. The van der Waals surface area contributed by atoms with Crippen LogP contribution in [0.1, 0.15) is 26.3 Å². The predicted molar refractivity (Wildman–Crippen MR) is 65.7 cm³/mol. The molecule has 0 atom stereocenters. The molecule has 1 rings (SSSR count). The largest absolute Gasteiger partial charge is 0.308 e. The highest BCUT2D eigenvalue weighted by Gasteiger charge is 2.08. The fourth-order valence-electron chi connectivity index (χ4n) is 1.02. The normalized spacial score (nSPS) is 11.8. The summed E-state index contributed by atoms with van der Waals surface area (Å²) in [5, 5.41) is 4.17. The second-order valence-electron chi connectivity index (χ2n) is 4.35. The molecular formula is C11H15BrClN. The van der Waals surface area contributed by atoms with Crippen LogP contribution in [0.5, 0.6) is 0 Å². The van der Waals surface area contributed by atoms with Gasteiger partial charge in [0.1, 0.15) is 0 Å². The molecule has 3 heteroatoms. The number of hydrogen-bond donors (Lipinski definition) is 1. The van der Waals surface area contributed by atoms with Gasteiger partial charge in [0.15, 0.2) is 0 Å². The van der Waals surface area contributed by atoms with Gasteiger partial charge in [-0.15, -0.1) is 0 Å². The highest BCUT2D eigenvalue weighted by molar-refractivity contribution is 9.10. The predicted octanol–water partition coefficient (Wildman–Crippen LogP) is 3.99. The van der Waals surface area contributed by atoms with Gasteiger partial charge in [-0.3, -0.25) is 0 Å². The molecule has 0 aliphatic heterocycles. The van der Waals surface area contributed by atoms with Crippen molar-refractivity contribution in [2.75, 3.05) is 0 Å². The Hall–Kier alpha value is -0.0500. The lowest BCUT2D eigenvalue weighted by molar-refractivity contribution is 0.424. The van der Waals surface area contributed by atoms with Gasteiger partial charge in [-0.05, 0) is 54.4 Å². The van der Waals surface area contributed by atoms with Gasteiger partial charge in [-0.2, -0.15) is 0 Å². The van der Waals surface area contributed by atoms with Crippen molar-refractivity contribution in [1.82, 2.24) is 5.32 Å². The maximum atomic E-state index is 5.99. The highest BCUT2D eigenvalue weighted by Crippen LogP contribution is 2.23. The average molecular weight is 277 g/mol. The van der Waals surface area contributed by atoms with Crippen LogP contribution >= 0.6 is 27.5 Å². The van der Waals surface area contributed by atoms with Crippen LogP contribution in [-0.2, 0) is 6.54 Å². The molecule has 0 aliphatic rings. The maximum absolute atomic E-state index is 5.99. The first-order valence-corrected chi connectivity index (χ1v) is 5.74. The molecule has 0 amide bonds. The second-order valence-corrected chi connectivity index (χ2v) is 5.61. The molecule has 0 bridgehead atoms. The fraction of sp³-hybridized carbons (Fsp3) is 0.455. The molecule has 78 valence electrons. The van der Waals surface area contributed by atoms with Crippen molar-refractivity contribution in [3.05, 3.63) is 33.3 Å². The van der Waals surface area contributed by atoms with Crippen LogP contribution in [0, 0.1) is 0 Å². The van der Waals surface area contributed by atoms with Crippen LogP contribution in [0.3, 0.4) is 0 Å². The van der Waals surface area contributed by atoms with Crippen molar-refractivity contribution in [3.8, 4) is 0 Å². The summed E-state index contributed by atoms with van der Waals surface area (Å²) in [6, 6.07) is 6.01. The van der Waals surface area contributed by atoms with E-state index < -0.39 is 0 Å². The van der Waals surface area contributed by atoms with Crippen molar-refractivity contribution in [3.63, 3.8) is 0 Å². The molecule has 0 unspecified atom stereocenters. The Kier molecular flexibility index (Phi) is 3.99. The molecule has 1 N–H and O–H groups in total. The highest BCUT2D eigenvalue weighted by atomic mass is 79.9. The Balaban J connectivity index is 2.65. The van der Waals surface area contributed by atoms with E-state index in [4.69, 9.17) is 11.6 Å². The van der Waals surface area contributed by atoms with Crippen molar-refractivity contribution in [1.29, 1.82) is 0 Å². The van der Waals surface area contributed by atoms with Crippen LogP contribution < -0.4 is 5.32 Å². The summed E-state index contributed by atoms with van der Waals surface area (Å²) in [7, 11) is 0. The molecule has 0 aromatic heterocycles. The van der Waals surface area contributed by atoms with Crippen LogP contribution in [0.2, 0.25) is 5.02 Å². The summed E-state index contributed by atoms with van der Waals surface area (Å²) in [4.78, 5) is 0. The minimum absolute atomic E-state index is 0.138. The lowest BCUT2D eigenvalue weighted by atomic mass is 10.1. The zero-order chi connectivity index (χ0) is 10.8. The zero-order valence-electron chi connectivity index (χ0n) is 8.70. The van der Waals surface area contributed by atoms with Crippen molar-refractivity contribution in [2.45, 2.75) is 32.9 Å². The van der Waals surface area contributed by atoms with Crippen molar-refractivity contribution < 1.29 is 0 Å². The zero-order valence-corrected chi connectivity index (χ0v) is 11.0. The summed E-state index contributed by atoms with van der Waals surface area (Å²) in [5.74, 6) is 0. The summed E-state index contributed by atoms with van der Waals surface area (Å²) < 4.78 is 0.943. The van der Waals surface area contributed by atoms with Gasteiger partial charge in [-0.1, -0.05) is 17.7 Å². The molecular weight excluding hydrogens is 261 g/mol. The van der Waals surface area contributed by atoms with Gasteiger partial charge in [0, 0.05) is 16.6 Å². The van der Waals surface area contributed by atoms with Gasteiger partial charge < -0.3 is 5.32 Å². The number of hydrogen-bond acceptors (Lipinski definition) is 1. The molecule has 0 heterocycles. The maximum Gasteiger partial charge on any atom is 0.0551 e. The monoisotopic (exact) mass is 275 g/mol. The van der Waals surface area contributed by atoms with E-state index in [1.54, 1.807) is 0 Å². The fourth-order valence-corrected chi connectivity index (χ4v) is 1.47. The Morgan fingerprint density at radius 2 is 2.00 bits per heavy atom. The average Bonchev–Trinajstić information content (AvgIpc) is 2.06. The molecule has 0 saturated carbocycles. The van der Waals surface area contributed by atoms with E-state index in [1.165, 1.54) is 5.56 Å². The molecule has 0 spiro atoms. The third kappa shape index (κ3) is 3.99. The number of benzene rings is 1. The first-order chi connectivity index (χ1) is 6.38. The Bertz CT molecular complexity index is 318. The summed E-state index contributed by atoms with van der Waals surface area (Å²) in [6.07, 6.45) is 0. The minimum Gasteiger partial charge on any atom is -0.308 e. The van der Waals surface area contributed by atoms with Gasteiger partial charge in [-0.25, -0.2) is 0 Å². The van der Waals surface area contributed by atoms with Crippen molar-refractivity contribution in [2.24, 2.45) is 0 Å². The van der Waals surface area contributed by atoms with Gasteiger partial charge in [0.25, 0.3) is 0 Å². The third-order valence-corrected chi connectivity index (χ3v) is 3.04. The van der Waals surface area contributed by atoms with E-state index in [9.17, 15) is 0 Å².